The Bertz CT molecular complexity index is 360. The van der Waals surface area contributed by atoms with Crippen molar-refractivity contribution >= 4 is 11.6 Å². The number of hydrogen-bond acceptors (Lipinski definition) is 4. The average Bonchev–Trinajstić information content (AvgIpc) is 3.11. The molecule has 0 amide bonds. The lowest BCUT2D eigenvalue weighted by Crippen LogP contribution is -2.28. The molecular weight excluding hydrogens is 200 g/mol. The van der Waals surface area contributed by atoms with Crippen LogP contribution in [0.15, 0.2) is 6.33 Å². The molecule has 1 N–H and O–H groups in total. The maximum atomic E-state index is 4.44. The molecule has 0 bridgehead atoms. The average molecular weight is 220 g/mol. The Morgan fingerprint density at radius 3 is 2.75 bits per heavy atom. The maximum absolute atomic E-state index is 4.44. The van der Waals surface area contributed by atoms with E-state index in [1.165, 1.54) is 12.8 Å². The maximum Gasteiger partial charge on any atom is 0.137 e. The summed E-state index contributed by atoms with van der Waals surface area (Å²) in [5.41, 5.74) is 1.16. The Labute approximate surface area is 97.1 Å². The van der Waals surface area contributed by atoms with Crippen LogP contribution in [-0.2, 0) is 0 Å². The lowest BCUT2D eigenvalue weighted by atomic mass is 10.2. The van der Waals surface area contributed by atoms with Crippen LogP contribution in [0.3, 0.4) is 0 Å². The van der Waals surface area contributed by atoms with Crippen LogP contribution in [-0.4, -0.2) is 29.6 Å². The number of rotatable bonds is 5. The fourth-order valence-electron chi connectivity index (χ4n) is 2.07. The van der Waals surface area contributed by atoms with Crippen molar-refractivity contribution in [3.63, 3.8) is 0 Å². The van der Waals surface area contributed by atoms with Crippen LogP contribution < -0.4 is 10.2 Å². The highest BCUT2D eigenvalue weighted by atomic mass is 15.2. The summed E-state index contributed by atoms with van der Waals surface area (Å²) in [6.07, 6.45) is 5.42. The third-order valence-electron chi connectivity index (χ3n) is 3.02. The van der Waals surface area contributed by atoms with Gasteiger partial charge in [-0.3, -0.25) is 0 Å². The van der Waals surface area contributed by atoms with E-state index in [9.17, 15) is 0 Å². The van der Waals surface area contributed by atoms with Crippen molar-refractivity contribution in [2.45, 2.75) is 39.2 Å². The minimum Gasteiger partial charge on any atom is -0.373 e. The Kier molecular flexibility index (Phi) is 3.27. The van der Waals surface area contributed by atoms with E-state index in [4.69, 9.17) is 0 Å². The summed E-state index contributed by atoms with van der Waals surface area (Å²) < 4.78 is 0. The highest BCUT2D eigenvalue weighted by Crippen LogP contribution is 2.33. The van der Waals surface area contributed by atoms with Gasteiger partial charge in [-0.1, -0.05) is 6.92 Å². The first-order valence-electron chi connectivity index (χ1n) is 6.04. The van der Waals surface area contributed by atoms with Gasteiger partial charge in [0.05, 0.1) is 0 Å². The molecule has 4 heteroatoms. The summed E-state index contributed by atoms with van der Waals surface area (Å²) in [7, 11) is 1.90. The zero-order chi connectivity index (χ0) is 11.5. The van der Waals surface area contributed by atoms with Gasteiger partial charge in [-0.25, -0.2) is 9.97 Å². The smallest absolute Gasteiger partial charge is 0.137 e. The highest BCUT2D eigenvalue weighted by Gasteiger charge is 2.30. The fraction of sp³-hybridized carbons (Fsp3) is 0.667. The van der Waals surface area contributed by atoms with E-state index in [-0.39, 0.29) is 0 Å². The molecule has 1 saturated carbocycles. The van der Waals surface area contributed by atoms with Crippen molar-refractivity contribution in [3.05, 3.63) is 11.9 Å². The Hall–Kier alpha value is -1.32. The normalized spacial score (nSPS) is 14.9. The first kappa shape index (κ1) is 11.2. The Balaban J connectivity index is 2.29. The van der Waals surface area contributed by atoms with Crippen LogP contribution >= 0.6 is 0 Å². The molecule has 1 aliphatic carbocycles. The molecule has 88 valence electrons. The van der Waals surface area contributed by atoms with Crippen molar-refractivity contribution in [2.24, 2.45) is 0 Å². The summed E-state index contributed by atoms with van der Waals surface area (Å²) in [5, 5.41) is 3.11. The fourth-order valence-corrected chi connectivity index (χ4v) is 2.07. The monoisotopic (exact) mass is 220 g/mol. The second-order valence-corrected chi connectivity index (χ2v) is 4.35. The predicted molar refractivity (Wildman–Crippen MR) is 67.0 cm³/mol. The van der Waals surface area contributed by atoms with Gasteiger partial charge in [0.2, 0.25) is 0 Å². The molecular formula is C12H20N4. The molecule has 0 aliphatic heterocycles. The van der Waals surface area contributed by atoms with Gasteiger partial charge in [0.25, 0.3) is 0 Å². The van der Waals surface area contributed by atoms with E-state index in [0.29, 0.717) is 6.04 Å². The quantitative estimate of drug-likeness (QED) is 0.826. The molecule has 1 fully saturated rings. The van der Waals surface area contributed by atoms with E-state index in [1.807, 2.05) is 7.05 Å². The topological polar surface area (TPSA) is 41.1 Å². The first-order valence-corrected chi connectivity index (χ1v) is 6.04. The molecule has 16 heavy (non-hydrogen) atoms. The number of aromatic nitrogens is 2. The van der Waals surface area contributed by atoms with E-state index in [2.05, 4.69) is 34.0 Å². The molecule has 0 unspecified atom stereocenters. The number of nitrogens with one attached hydrogen (secondary N) is 1. The van der Waals surface area contributed by atoms with Crippen molar-refractivity contribution in [1.29, 1.82) is 0 Å². The number of nitrogens with zero attached hydrogens (tertiary/aromatic N) is 3. The lowest BCUT2D eigenvalue weighted by molar-refractivity contribution is 0.745. The van der Waals surface area contributed by atoms with E-state index >= 15 is 0 Å². The number of anilines is 2. The van der Waals surface area contributed by atoms with Crippen LogP contribution in [0.2, 0.25) is 0 Å². The minimum absolute atomic E-state index is 0.707. The van der Waals surface area contributed by atoms with Gasteiger partial charge < -0.3 is 10.2 Å². The molecule has 0 aromatic carbocycles. The lowest BCUT2D eigenvalue weighted by Gasteiger charge is -2.25. The van der Waals surface area contributed by atoms with Gasteiger partial charge in [-0.2, -0.15) is 0 Å². The largest absolute Gasteiger partial charge is 0.373 e. The summed E-state index contributed by atoms with van der Waals surface area (Å²) in [6.45, 7) is 5.39. The Morgan fingerprint density at radius 2 is 2.19 bits per heavy atom. The van der Waals surface area contributed by atoms with Crippen LogP contribution in [0, 0.1) is 6.92 Å². The summed E-state index contributed by atoms with van der Waals surface area (Å²) in [6, 6.07) is 0.707. The van der Waals surface area contributed by atoms with Crippen LogP contribution in [0.4, 0.5) is 11.6 Å². The molecule has 1 aromatic heterocycles. The molecule has 1 aromatic rings. The van der Waals surface area contributed by atoms with Gasteiger partial charge in [-0.05, 0) is 26.2 Å². The van der Waals surface area contributed by atoms with Crippen molar-refractivity contribution < 1.29 is 0 Å². The first-order chi connectivity index (χ1) is 7.77. The Morgan fingerprint density at radius 1 is 1.44 bits per heavy atom. The van der Waals surface area contributed by atoms with Gasteiger partial charge in [0.1, 0.15) is 18.0 Å². The standard InChI is InChI=1S/C12H20N4/c1-4-7-16(10-5-6-10)12-9(2)11(13-3)14-8-15-12/h8,10H,4-7H2,1-3H3,(H,13,14,15). The third-order valence-corrected chi connectivity index (χ3v) is 3.02. The van der Waals surface area contributed by atoms with Crippen molar-refractivity contribution in [3.8, 4) is 0 Å². The summed E-state index contributed by atoms with van der Waals surface area (Å²) in [4.78, 5) is 11.1. The highest BCUT2D eigenvalue weighted by molar-refractivity contribution is 5.58. The van der Waals surface area contributed by atoms with Gasteiger partial charge >= 0.3 is 0 Å². The zero-order valence-corrected chi connectivity index (χ0v) is 10.3. The van der Waals surface area contributed by atoms with Crippen molar-refractivity contribution in [2.75, 3.05) is 23.8 Å². The molecule has 0 radical (unpaired) electrons. The predicted octanol–water partition coefficient (Wildman–Crippen LogP) is 2.21. The van der Waals surface area contributed by atoms with Gasteiger partial charge in [-0.15, -0.1) is 0 Å². The summed E-state index contributed by atoms with van der Waals surface area (Å²) in [5.74, 6) is 2.04. The minimum atomic E-state index is 0.707. The molecule has 2 rings (SSSR count). The zero-order valence-electron chi connectivity index (χ0n) is 10.3. The van der Waals surface area contributed by atoms with E-state index in [0.717, 1.165) is 30.2 Å². The molecule has 0 spiro atoms. The van der Waals surface area contributed by atoms with Gasteiger partial charge in [0.15, 0.2) is 0 Å². The second kappa shape index (κ2) is 4.68. The molecule has 4 nitrogen and oxygen atoms in total. The van der Waals surface area contributed by atoms with E-state index in [1.54, 1.807) is 6.33 Å². The van der Waals surface area contributed by atoms with Crippen LogP contribution in [0.25, 0.3) is 0 Å². The van der Waals surface area contributed by atoms with Crippen molar-refractivity contribution in [1.82, 2.24) is 9.97 Å². The third kappa shape index (κ3) is 2.10. The van der Waals surface area contributed by atoms with E-state index < -0.39 is 0 Å². The summed E-state index contributed by atoms with van der Waals surface area (Å²) >= 11 is 0. The molecule has 0 atom stereocenters. The van der Waals surface area contributed by atoms with Crippen LogP contribution in [0.1, 0.15) is 31.7 Å². The molecule has 0 saturated heterocycles. The molecule has 1 aliphatic rings. The second-order valence-electron chi connectivity index (χ2n) is 4.35. The molecule has 1 heterocycles. The number of hydrogen-bond donors (Lipinski definition) is 1. The SMILES string of the molecule is CCCN(c1ncnc(NC)c1C)C1CC1. The van der Waals surface area contributed by atoms with Gasteiger partial charge in [0, 0.05) is 25.2 Å². The van der Waals surface area contributed by atoms with Crippen LogP contribution in [0.5, 0.6) is 0 Å².